The molecule has 2 amide bonds. The van der Waals surface area contributed by atoms with Crippen LogP contribution >= 0.6 is 0 Å². The fourth-order valence-electron chi connectivity index (χ4n) is 1.60. The number of hydrogen-bond acceptors (Lipinski definition) is 4. The van der Waals surface area contributed by atoms with E-state index in [0.717, 1.165) is 12.2 Å². The zero-order chi connectivity index (χ0) is 14.1. The van der Waals surface area contributed by atoms with E-state index in [4.69, 9.17) is 5.11 Å². The second kappa shape index (κ2) is 8.06. The Morgan fingerprint density at radius 3 is 2.89 bits per heavy atom. The molecule has 3 N–H and O–H groups in total. The van der Waals surface area contributed by atoms with Gasteiger partial charge in [-0.1, -0.05) is 6.92 Å². The Labute approximate surface area is 111 Å². The number of rotatable bonds is 8. The summed E-state index contributed by atoms with van der Waals surface area (Å²) in [6, 6.07) is -0.346. The summed E-state index contributed by atoms with van der Waals surface area (Å²) in [7, 11) is 0. The lowest BCUT2D eigenvalue weighted by Gasteiger charge is -2.20. The van der Waals surface area contributed by atoms with Crippen LogP contribution in [0.15, 0.2) is 6.33 Å². The van der Waals surface area contributed by atoms with Crippen molar-refractivity contribution in [2.45, 2.75) is 26.2 Å². The summed E-state index contributed by atoms with van der Waals surface area (Å²) >= 11 is 0. The van der Waals surface area contributed by atoms with Crippen LogP contribution in [-0.4, -0.2) is 56.8 Å². The molecular formula is C11H19N5O3. The summed E-state index contributed by atoms with van der Waals surface area (Å²) in [5.41, 5.74) is 0. The Hall–Kier alpha value is -2.12. The Balaban J connectivity index is 2.25. The van der Waals surface area contributed by atoms with E-state index in [-0.39, 0.29) is 12.6 Å². The van der Waals surface area contributed by atoms with Crippen molar-refractivity contribution < 1.29 is 14.7 Å². The number of urea groups is 1. The first-order chi connectivity index (χ1) is 9.13. The summed E-state index contributed by atoms with van der Waals surface area (Å²) in [6.07, 6.45) is 3.56. The first kappa shape index (κ1) is 14.9. The Morgan fingerprint density at radius 1 is 1.53 bits per heavy atom. The van der Waals surface area contributed by atoms with E-state index in [1.165, 1.54) is 11.2 Å². The third-order valence-electron chi connectivity index (χ3n) is 2.44. The van der Waals surface area contributed by atoms with Crippen LogP contribution in [0, 0.1) is 0 Å². The molecule has 0 radical (unpaired) electrons. The number of aromatic nitrogens is 3. The fraction of sp³-hybridized carbons (Fsp3) is 0.636. The Bertz CT molecular complexity index is 393. The quantitative estimate of drug-likeness (QED) is 0.585. The monoisotopic (exact) mass is 269 g/mol. The lowest BCUT2D eigenvalue weighted by Crippen LogP contribution is -2.43. The number of aliphatic carboxylic acids is 1. The number of carbonyl (C=O) groups excluding carboxylic acids is 1. The smallest absolute Gasteiger partial charge is 0.323 e. The number of aromatic amines is 1. The molecule has 8 nitrogen and oxygen atoms in total. The molecule has 0 fully saturated rings. The third kappa shape index (κ3) is 5.84. The van der Waals surface area contributed by atoms with Crippen molar-refractivity contribution in [2.24, 2.45) is 0 Å². The zero-order valence-corrected chi connectivity index (χ0v) is 10.9. The first-order valence-corrected chi connectivity index (χ1v) is 6.22. The topological polar surface area (TPSA) is 111 Å². The number of nitrogens with one attached hydrogen (secondary N) is 2. The van der Waals surface area contributed by atoms with E-state index in [2.05, 4.69) is 20.5 Å². The van der Waals surface area contributed by atoms with Gasteiger partial charge in [-0.2, -0.15) is 5.10 Å². The average molecular weight is 269 g/mol. The van der Waals surface area contributed by atoms with Crippen molar-refractivity contribution >= 4 is 12.0 Å². The molecule has 0 bridgehead atoms. The minimum absolute atomic E-state index is 0.276. The number of hydrogen-bond donors (Lipinski definition) is 3. The van der Waals surface area contributed by atoms with E-state index in [0.29, 0.717) is 25.9 Å². The maximum Gasteiger partial charge on any atom is 0.323 e. The van der Waals surface area contributed by atoms with E-state index < -0.39 is 5.97 Å². The predicted molar refractivity (Wildman–Crippen MR) is 67.6 cm³/mol. The highest BCUT2D eigenvalue weighted by atomic mass is 16.4. The van der Waals surface area contributed by atoms with Crippen LogP contribution in [-0.2, 0) is 11.2 Å². The van der Waals surface area contributed by atoms with E-state index >= 15 is 0 Å². The van der Waals surface area contributed by atoms with Crippen LogP contribution in [0.25, 0.3) is 0 Å². The molecule has 0 aliphatic rings. The van der Waals surface area contributed by atoms with Crippen molar-refractivity contribution in [3.8, 4) is 0 Å². The Kier molecular flexibility index (Phi) is 6.34. The molecule has 1 rings (SSSR count). The average Bonchev–Trinajstić information content (AvgIpc) is 2.86. The summed E-state index contributed by atoms with van der Waals surface area (Å²) in [6.45, 7) is 2.52. The van der Waals surface area contributed by atoms with Gasteiger partial charge in [-0.25, -0.2) is 9.78 Å². The van der Waals surface area contributed by atoms with Crippen LogP contribution < -0.4 is 5.32 Å². The second-order valence-electron chi connectivity index (χ2n) is 4.08. The molecule has 0 aromatic carbocycles. The number of aryl methyl sites for hydroxylation is 1. The molecule has 0 atom stereocenters. The number of H-pyrrole nitrogens is 1. The van der Waals surface area contributed by atoms with Gasteiger partial charge in [0.25, 0.3) is 0 Å². The number of carboxylic acid groups (broad SMARTS) is 1. The predicted octanol–water partition coefficient (Wildman–Crippen LogP) is 0.243. The molecule has 0 saturated heterocycles. The highest BCUT2D eigenvalue weighted by Crippen LogP contribution is 1.95. The van der Waals surface area contributed by atoms with Gasteiger partial charge in [-0.15, -0.1) is 0 Å². The van der Waals surface area contributed by atoms with Gasteiger partial charge in [0.05, 0.1) is 0 Å². The molecule has 0 unspecified atom stereocenters. The molecule has 19 heavy (non-hydrogen) atoms. The SMILES string of the molecule is CCCN(CC(=O)O)C(=O)NCCCc1ncn[nH]1. The molecule has 0 aliphatic carbocycles. The van der Waals surface area contributed by atoms with Crippen LogP contribution in [0.2, 0.25) is 0 Å². The van der Waals surface area contributed by atoms with Gasteiger partial charge >= 0.3 is 12.0 Å². The van der Waals surface area contributed by atoms with Gasteiger partial charge in [0.1, 0.15) is 18.7 Å². The summed E-state index contributed by atoms with van der Waals surface area (Å²) in [4.78, 5) is 27.6. The van der Waals surface area contributed by atoms with Crippen molar-refractivity contribution in [2.75, 3.05) is 19.6 Å². The lowest BCUT2D eigenvalue weighted by molar-refractivity contribution is -0.137. The molecule has 106 valence electrons. The minimum Gasteiger partial charge on any atom is -0.480 e. The largest absolute Gasteiger partial charge is 0.480 e. The van der Waals surface area contributed by atoms with Crippen molar-refractivity contribution in [3.05, 3.63) is 12.2 Å². The minimum atomic E-state index is -1.01. The van der Waals surface area contributed by atoms with Crippen LogP contribution in [0.4, 0.5) is 4.79 Å². The standard InChI is InChI=1S/C11H19N5O3/c1-2-6-16(7-10(17)18)11(19)12-5-3-4-9-13-8-14-15-9/h8H,2-7H2,1H3,(H,12,19)(H,17,18)(H,13,14,15). The molecule has 8 heteroatoms. The summed E-state index contributed by atoms with van der Waals surface area (Å²) < 4.78 is 0. The molecule has 1 aromatic heterocycles. The van der Waals surface area contributed by atoms with Gasteiger partial charge in [0.2, 0.25) is 0 Å². The van der Waals surface area contributed by atoms with Gasteiger partial charge in [-0.3, -0.25) is 9.89 Å². The second-order valence-corrected chi connectivity index (χ2v) is 4.08. The number of carboxylic acids is 1. The van der Waals surface area contributed by atoms with Crippen molar-refractivity contribution in [1.82, 2.24) is 25.4 Å². The molecule has 0 aliphatic heterocycles. The summed E-state index contributed by atoms with van der Waals surface area (Å²) in [5, 5.41) is 17.9. The normalized spacial score (nSPS) is 10.2. The zero-order valence-electron chi connectivity index (χ0n) is 10.9. The number of carbonyl (C=O) groups is 2. The molecule has 0 saturated carbocycles. The van der Waals surface area contributed by atoms with Crippen LogP contribution in [0.3, 0.4) is 0 Å². The highest BCUT2D eigenvalue weighted by molar-refractivity contribution is 5.80. The van der Waals surface area contributed by atoms with Crippen LogP contribution in [0.1, 0.15) is 25.6 Å². The van der Waals surface area contributed by atoms with Gasteiger partial charge in [0, 0.05) is 19.5 Å². The van der Waals surface area contributed by atoms with Gasteiger partial charge < -0.3 is 15.3 Å². The maximum atomic E-state index is 11.7. The molecule has 0 spiro atoms. The molecular weight excluding hydrogens is 250 g/mol. The van der Waals surface area contributed by atoms with E-state index in [1.54, 1.807) is 0 Å². The fourth-order valence-corrected chi connectivity index (χ4v) is 1.60. The van der Waals surface area contributed by atoms with Crippen molar-refractivity contribution in [1.29, 1.82) is 0 Å². The Morgan fingerprint density at radius 2 is 2.32 bits per heavy atom. The van der Waals surface area contributed by atoms with E-state index in [1.807, 2.05) is 6.92 Å². The number of amides is 2. The summed E-state index contributed by atoms with van der Waals surface area (Å²) in [5.74, 6) is -0.240. The van der Waals surface area contributed by atoms with Crippen molar-refractivity contribution in [3.63, 3.8) is 0 Å². The lowest BCUT2D eigenvalue weighted by atomic mass is 10.3. The van der Waals surface area contributed by atoms with Gasteiger partial charge in [-0.05, 0) is 12.8 Å². The molecule has 1 heterocycles. The van der Waals surface area contributed by atoms with Gasteiger partial charge in [0.15, 0.2) is 0 Å². The van der Waals surface area contributed by atoms with E-state index in [9.17, 15) is 9.59 Å². The van der Waals surface area contributed by atoms with Crippen LogP contribution in [0.5, 0.6) is 0 Å². The first-order valence-electron chi connectivity index (χ1n) is 6.22. The maximum absolute atomic E-state index is 11.7. The molecule has 1 aromatic rings. The third-order valence-corrected chi connectivity index (χ3v) is 2.44. The highest BCUT2D eigenvalue weighted by Gasteiger charge is 2.14. The number of nitrogens with zero attached hydrogens (tertiary/aromatic N) is 3.